The molecule has 0 amide bonds. The summed E-state index contributed by atoms with van der Waals surface area (Å²) in [6.45, 7) is 6.62. The molecule has 68 heavy (non-hydrogen) atoms. The number of ether oxygens (including phenoxy) is 3. The molecule has 0 saturated carbocycles. The summed E-state index contributed by atoms with van der Waals surface area (Å²) >= 11 is 0. The summed E-state index contributed by atoms with van der Waals surface area (Å²) < 4.78 is 16.9. The highest BCUT2D eigenvalue weighted by molar-refractivity contribution is 5.71. The zero-order valence-corrected chi connectivity index (χ0v) is 45.4. The normalized spacial score (nSPS) is 12.3. The smallest absolute Gasteiger partial charge is 0.306 e. The van der Waals surface area contributed by atoms with E-state index in [9.17, 15) is 14.4 Å². The lowest BCUT2D eigenvalue weighted by molar-refractivity contribution is -0.167. The summed E-state index contributed by atoms with van der Waals surface area (Å²) in [4.78, 5) is 38.2. The van der Waals surface area contributed by atoms with Gasteiger partial charge in [-0.15, -0.1) is 0 Å². The van der Waals surface area contributed by atoms with E-state index in [-0.39, 0.29) is 31.1 Å². The van der Waals surface area contributed by atoms with E-state index >= 15 is 0 Å². The average molecular weight is 954 g/mol. The van der Waals surface area contributed by atoms with Crippen molar-refractivity contribution in [3.63, 3.8) is 0 Å². The molecule has 0 fully saturated rings. The molecule has 0 aromatic heterocycles. The predicted octanol–water partition coefficient (Wildman–Crippen LogP) is 19.8. The zero-order chi connectivity index (χ0) is 49.3. The number of carbonyl (C=O) groups excluding carboxylic acids is 3. The van der Waals surface area contributed by atoms with Crippen LogP contribution in [0.1, 0.15) is 310 Å². The van der Waals surface area contributed by atoms with Crippen LogP contribution in [-0.2, 0) is 28.6 Å². The molecule has 0 rings (SSSR count). The third-order valence-electron chi connectivity index (χ3n) is 13.0. The second-order valence-electron chi connectivity index (χ2n) is 19.9. The molecule has 6 heteroatoms. The highest BCUT2D eigenvalue weighted by Gasteiger charge is 2.19. The summed E-state index contributed by atoms with van der Waals surface area (Å²) in [5, 5.41) is 0. The second-order valence-corrected chi connectivity index (χ2v) is 19.9. The molecule has 0 bridgehead atoms. The van der Waals surface area contributed by atoms with Gasteiger partial charge in [-0.1, -0.05) is 236 Å². The van der Waals surface area contributed by atoms with Gasteiger partial charge in [0.05, 0.1) is 0 Å². The lowest BCUT2D eigenvalue weighted by atomic mass is 10.1. The third kappa shape index (κ3) is 54.3. The van der Waals surface area contributed by atoms with Crippen LogP contribution in [0.25, 0.3) is 0 Å². The van der Waals surface area contributed by atoms with Crippen LogP contribution in [0, 0.1) is 0 Å². The molecule has 0 aromatic carbocycles. The Bertz CT molecular complexity index is 1190. The Morgan fingerprint density at radius 3 is 0.853 bits per heavy atom. The van der Waals surface area contributed by atoms with Crippen LogP contribution >= 0.6 is 0 Å². The van der Waals surface area contributed by atoms with Crippen molar-refractivity contribution in [2.24, 2.45) is 0 Å². The van der Waals surface area contributed by atoms with Gasteiger partial charge in [0.1, 0.15) is 13.2 Å². The van der Waals surface area contributed by atoms with E-state index in [1.165, 1.54) is 193 Å². The molecule has 1 atom stereocenters. The van der Waals surface area contributed by atoms with E-state index in [0.29, 0.717) is 19.3 Å². The van der Waals surface area contributed by atoms with E-state index in [0.717, 1.165) is 77.0 Å². The first-order chi connectivity index (χ1) is 33.5. The Hall–Kier alpha value is -2.63. The minimum atomic E-state index is -0.781. The van der Waals surface area contributed by atoms with Crippen LogP contribution in [0.15, 0.2) is 48.6 Å². The Morgan fingerprint density at radius 2 is 0.529 bits per heavy atom. The summed E-state index contributed by atoms with van der Waals surface area (Å²) in [5.41, 5.74) is 0. The van der Waals surface area contributed by atoms with Crippen LogP contribution in [-0.4, -0.2) is 37.2 Å². The van der Waals surface area contributed by atoms with Crippen molar-refractivity contribution in [3.8, 4) is 0 Å². The number of allylic oxidation sites excluding steroid dienone is 8. The zero-order valence-electron chi connectivity index (χ0n) is 45.4. The summed E-state index contributed by atoms with van der Waals surface area (Å²) in [5.74, 6) is -0.883. The van der Waals surface area contributed by atoms with Crippen molar-refractivity contribution in [1.82, 2.24) is 0 Å². The van der Waals surface area contributed by atoms with Gasteiger partial charge in [-0.25, -0.2) is 0 Å². The molecule has 396 valence electrons. The largest absolute Gasteiger partial charge is 0.462 e. The van der Waals surface area contributed by atoms with Crippen molar-refractivity contribution in [1.29, 1.82) is 0 Å². The van der Waals surface area contributed by atoms with Crippen molar-refractivity contribution in [2.45, 2.75) is 316 Å². The maximum atomic E-state index is 12.9. The quantitative estimate of drug-likeness (QED) is 0.0262. The van der Waals surface area contributed by atoms with Gasteiger partial charge in [-0.3, -0.25) is 14.4 Å². The second kappa shape index (κ2) is 57.0. The van der Waals surface area contributed by atoms with E-state index in [1.807, 2.05) is 0 Å². The number of unbranched alkanes of at least 4 members (excludes halogenated alkanes) is 35. The molecule has 0 radical (unpaired) electrons. The van der Waals surface area contributed by atoms with Crippen LogP contribution < -0.4 is 0 Å². The fourth-order valence-electron chi connectivity index (χ4n) is 8.52. The number of carbonyl (C=O) groups is 3. The topological polar surface area (TPSA) is 78.9 Å². The highest BCUT2D eigenvalue weighted by atomic mass is 16.6. The molecular formula is C62H112O6. The fourth-order valence-corrected chi connectivity index (χ4v) is 8.52. The van der Waals surface area contributed by atoms with Gasteiger partial charge in [0, 0.05) is 19.3 Å². The molecule has 0 N–H and O–H groups in total. The van der Waals surface area contributed by atoms with Gasteiger partial charge in [0.2, 0.25) is 0 Å². The summed E-state index contributed by atoms with van der Waals surface area (Å²) in [7, 11) is 0. The van der Waals surface area contributed by atoms with Crippen molar-refractivity contribution in [2.75, 3.05) is 13.2 Å². The number of hydrogen-bond acceptors (Lipinski definition) is 6. The average Bonchev–Trinajstić information content (AvgIpc) is 3.34. The molecule has 0 spiro atoms. The van der Waals surface area contributed by atoms with Crippen LogP contribution in [0.3, 0.4) is 0 Å². The fraction of sp³-hybridized carbons (Fsp3) is 0.823. The van der Waals surface area contributed by atoms with Gasteiger partial charge in [0.25, 0.3) is 0 Å². The SMILES string of the molecule is CCCCC/C=C/C/C=C/CCCCCCCCCC(=O)O[C@H](COC(=O)CCCCCCC/C=C/CCCCCCC)COC(=O)CCCCCCCCCCC/C=C/CCCCCCCC. The maximum Gasteiger partial charge on any atom is 0.306 e. The summed E-state index contributed by atoms with van der Waals surface area (Å²) in [6, 6.07) is 0. The third-order valence-corrected chi connectivity index (χ3v) is 13.0. The first-order valence-electron chi connectivity index (χ1n) is 29.6. The first kappa shape index (κ1) is 65.4. The van der Waals surface area contributed by atoms with Crippen molar-refractivity contribution >= 4 is 17.9 Å². The molecule has 0 saturated heterocycles. The Morgan fingerprint density at radius 1 is 0.294 bits per heavy atom. The molecule has 6 nitrogen and oxygen atoms in total. The van der Waals surface area contributed by atoms with Crippen molar-refractivity contribution in [3.05, 3.63) is 48.6 Å². The molecule has 0 heterocycles. The van der Waals surface area contributed by atoms with Gasteiger partial charge in [0.15, 0.2) is 6.10 Å². The molecule has 0 unspecified atom stereocenters. The summed E-state index contributed by atoms with van der Waals surface area (Å²) in [6.07, 6.45) is 69.5. The highest BCUT2D eigenvalue weighted by Crippen LogP contribution is 2.16. The minimum Gasteiger partial charge on any atom is -0.462 e. The number of hydrogen-bond donors (Lipinski definition) is 0. The van der Waals surface area contributed by atoms with Gasteiger partial charge >= 0.3 is 17.9 Å². The van der Waals surface area contributed by atoms with E-state index in [1.54, 1.807) is 0 Å². The Balaban J connectivity index is 4.36. The predicted molar refractivity (Wildman–Crippen MR) is 293 cm³/mol. The Labute approximate surface area is 422 Å². The van der Waals surface area contributed by atoms with Gasteiger partial charge in [-0.05, 0) is 103 Å². The molecule has 0 aliphatic carbocycles. The van der Waals surface area contributed by atoms with Crippen LogP contribution in [0.4, 0.5) is 0 Å². The lowest BCUT2D eigenvalue weighted by Crippen LogP contribution is -2.30. The minimum absolute atomic E-state index is 0.0784. The molecule has 0 aliphatic rings. The monoisotopic (exact) mass is 953 g/mol. The van der Waals surface area contributed by atoms with Crippen LogP contribution in [0.5, 0.6) is 0 Å². The van der Waals surface area contributed by atoms with E-state index < -0.39 is 6.10 Å². The molecule has 0 aromatic rings. The standard InChI is InChI=1S/C62H112O6/c1-4-7-10-13-16-19-22-25-28-30-31-33-34-37-40-43-46-49-52-55-61(64)67-58-59(57-66-60(63)54-51-48-45-42-39-36-27-24-21-18-15-12-9-6-3)68-62(65)56-53-50-47-44-41-38-35-32-29-26-23-20-17-14-11-8-5-2/h17,20,24-29,59H,4-16,18-19,21-23,30-58H2,1-3H3/b20-17+,27-24+,28-25+,29-26+/t59-/m1/s1. The van der Waals surface area contributed by atoms with E-state index in [4.69, 9.17) is 14.2 Å². The first-order valence-corrected chi connectivity index (χ1v) is 29.6. The van der Waals surface area contributed by atoms with Crippen molar-refractivity contribution < 1.29 is 28.6 Å². The Kier molecular flexibility index (Phi) is 54.8. The maximum absolute atomic E-state index is 12.9. The molecule has 0 aliphatic heterocycles. The molecular weight excluding hydrogens is 841 g/mol. The van der Waals surface area contributed by atoms with E-state index in [2.05, 4.69) is 69.4 Å². The van der Waals surface area contributed by atoms with Gasteiger partial charge < -0.3 is 14.2 Å². The number of rotatable bonds is 54. The van der Waals surface area contributed by atoms with Crippen LogP contribution in [0.2, 0.25) is 0 Å². The number of esters is 3. The lowest BCUT2D eigenvalue weighted by Gasteiger charge is -2.18. The van der Waals surface area contributed by atoms with Gasteiger partial charge in [-0.2, -0.15) is 0 Å².